The number of carboxylic acid groups (broad SMARTS) is 1. The van der Waals surface area contributed by atoms with Crippen molar-refractivity contribution in [2.75, 3.05) is 13.7 Å². The highest BCUT2D eigenvalue weighted by Gasteiger charge is 2.22. The van der Waals surface area contributed by atoms with E-state index in [1.165, 1.54) is 37.4 Å². The van der Waals surface area contributed by atoms with Crippen LogP contribution in [0.1, 0.15) is 21.9 Å². The number of hydrogen-bond donors (Lipinski definition) is 1. The van der Waals surface area contributed by atoms with Gasteiger partial charge in [0.25, 0.3) is 5.91 Å². The molecule has 1 amide bonds. The molecule has 2 aromatic rings. The van der Waals surface area contributed by atoms with Crippen molar-refractivity contribution < 1.29 is 28.2 Å². The van der Waals surface area contributed by atoms with Gasteiger partial charge in [-0.25, -0.2) is 4.39 Å². The lowest BCUT2D eigenvalue weighted by molar-refractivity contribution is -0.137. The van der Waals surface area contributed by atoms with Gasteiger partial charge in [0.15, 0.2) is 5.76 Å². The van der Waals surface area contributed by atoms with Crippen LogP contribution in [0.2, 0.25) is 0 Å². The Morgan fingerprint density at radius 2 is 1.91 bits per heavy atom. The van der Waals surface area contributed by atoms with Gasteiger partial charge in [0.05, 0.1) is 0 Å². The van der Waals surface area contributed by atoms with Crippen molar-refractivity contribution in [3.8, 4) is 0 Å². The van der Waals surface area contributed by atoms with Crippen LogP contribution in [0.5, 0.6) is 0 Å². The number of ether oxygens (including phenoxy) is 1. The number of halogens is 1. The summed E-state index contributed by atoms with van der Waals surface area (Å²) in [6.45, 7) is -0.244. The molecular formula is C16H16FNO5. The van der Waals surface area contributed by atoms with Gasteiger partial charge in [0.1, 0.15) is 24.7 Å². The maximum absolute atomic E-state index is 12.9. The Morgan fingerprint density at radius 1 is 1.22 bits per heavy atom. The number of carbonyl (C=O) groups is 2. The van der Waals surface area contributed by atoms with Gasteiger partial charge < -0.3 is 19.2 Å². The Morgan fingerprint density at radius 3 is 2.52 bits per heavy atom. The molecule has 0 aliphatic rings. The summed E-state index contributed by atoms with van der Waals surface area (Å²) < 4.78 is 23.2. The maximum Gasteiger partial charge on any atom is 0.323 e. The van der Waals surface area contributed by atoms with Crippen molar-refractivity contribution in [3.63, 3.8) is 0 Å². The van der Waals surface area contributed by atoms with Crippen molar-refractivity contribution in [2.45, 2.75) is 13.2 Å². The molecular weight excluding hydrogens is 305 g/mol. The monoisotopic (exact) mass is 321 g/mol. The first-order valence-electron chi connectivity index (χ1n) is 6.82. The molecule has 0 saturated heterocycles. The second kappa shape index (κ2) is 7.55. The Hall–Kier alpha value is -2.67. The molecule has 6 nitrogen and oxygen atoms in total. The first-order chi connectivity index (χ1) is 11.0. The van der Waals surface area contributed by atoms with E-state index in [0.29, 0.717) is 11.3 Å². The van der Waals surface area contributed by atoms with Gasteiger partial charge in [-0.15, -0.1) is 0 Å². The van der Waals surface area contributed by atoms with Crippen LogP contribution >= 0.6 is 0 Å². The largest absolute Gasteiger partial charge is 0.480 e. The molecule has 1 heterocycles. The highest BCUT2D eigenvalue weighted by molar-refractivity contribution is 5.93. The van der Waals surface area contributed by atoms with E-state index in [0.717, 1.165) is 4.90 Å². The van der Waals surface area contributed by atoms with Crippen molar-refractivity contribution in [1.82, 2.24) is 4.90 Å². The number of methoxy groups -OCH3 is 1. The zero-order chi connectivity index (χ0) is 16.8. The standard InChI is InChI=1S/C16H16FNO5/c1-22-10-13-6-7-14(23-13)16(21)18(9-15(19)20)8-11-2-4-12(17)5-3-11/h2-7H,8-10H2,1H3,(H,19,20). The van der Waals surface area contributed by atoms with Gasteiger partial charge in [-0.05, 0) is 29.8 Å². The smallest absolute Gasteiger partial charge is 0.323 e. The van der Waals surface area contributed by atoms with E-state index in [1.54, 1.807) is 6.07 Å². The lowest BCUT2D eigenvalue weighted by Gasteiger charge is -2.19. The van der Waals surface area contributed by atoms with E-state index in [9.17, 15) is 14.0 Å². The van der Waals surface area contributed by atoms with Crippen LogP contribution in [-0.4, -0.2) is 35.5 Å². The highest BCUT2D eigenvalue weighted by atomic mass is 19.1. The summed E-state index contributed by atoms with van der Waals surface area (Å²) in [6.07, 6.45) is 0. The first-order valence-corrected chi connectivity index (χ1v) is 6.82. The van der Waals surface area contributed by atoms with Crippen molar-refractivity contribution in [2.24, 2.45) is 0 Å². The minimum atomic E-state index is -1.15. The molecule has 1 N–H and O–H groups in total. The van der Waals surface area contributed by atoms with Crippen LogP contribution < -0.4 is 0 Å². The summed E-state index contributed by atoms with van der Waals surface area (Å²) in [5.41, 5.74) is 0.615. The minimum Gasteiger partial charge on any atom is -0.480 e. The molecule has 0 bridgehead atoms. The zero-order valence-corrected chi connectivity index (χ0v) is 12.5. The van der Waals surface area contributed by atoms with Crippen molar-refractivity contribution in [3.05, 3.63) is 59.3 Å². The molecule has 2 rings (SSSR count). The number of nitrogens with zero attached hydrogens (tertiary/aromatic N) is 1. The van der Waals surface area contributed by atoms with Crippen LogP contribution in [0.25, 0.3) is 0 Å². The minimum absolute atomic E-state index is 0.0282. The number of carboxylic acids is 1. The number of amides is 1. The Balaban J connectivity index is 2.17. The third kappa shape index (κ3) is 4.65. The van der Waals surface area contributed by atoms with Crippen LogP contribution in [0, 0.1) is 5.82 Å². The fraction of sp³-hybridized carbons (Fsp3) is 0.250. The molecule has 0 fully saturated rings. The molecule has 23 heavy (non-hydrogen) atoms. The van der Waals surface area contributed by atoms with Crippen LogP contribution in [0.15, 0.2) is 40.8 Å². The SMILES string of the molecule is COCc1ccc(C(=O)N(CC(=O)O)Cc2ccc(F)cc2)o1. The highest BCUT2D eigenvalue weighted by Crippen LogP contribution is 2.14. The molecule has 0 spiro atoms. The molecule has 1 aromatic heterocycles. The van der Waals surface area contributed by atoms with Crippen LogP contribution in [0.4, 0.5) is 4.39 Å². The Kier molecular flexibility index (Phi) is 5.48. The van der Waals surface area contributed by atoms with Crippen molar-refractivity contribution in [1.29, 1.82) is 0 Å². The average Bonchev–Trinajstić information content (AvgIpc) is 2.96. The molecule has 0 unspecified atom stereocenters. The lowest BCUT2D eigenvalue weighted by Crippen LogP contribution is -2.35. The quantitative estimate of drug-likeness (QED) is 0.846. The molecule has 7 heteroatoms. The zero-order valence-electron chi connectivity index (χ0n) is 12.5. The fourth-order valence-corrected chi connectivity index (χ4v) is 2.04. The van der Waals surface area contributed by atoms with E-state index >= 15 is 0 Å². The summed E-state index contributed by atoms with van der Waals surface area (Å²) in [4.78, 5) is 24.5. The van der Waals surface area contributed by atoms with E-state index in [4.69, 9.17) is 14.3 Å². The summed E-state index contributed by atoms with van der Waals surface area (Å²) in [5, 5.41) is 8.99. The normalized spacial score (nSPS) is 10.5. The summed E-state index contributed by atoms with van der Waals surface area (Å²) in [7, 11) is 1.50. The molecule has 0 atom stereocenters. The molecule has 0 radical (unpaired) electrons. The van der Waals surface area contributed by atoms with E-state index in [1.807, 2.05) is 0 Å². The predicted octanol–water partition coefficient (Wildman–Crippen LogP) is 2.29. The third-order valence-electron chi connectivity index (χ3n) is 3.06. The van der Waals surface area contributed by atoms with Crippen molar-refractivity contribution >= 4 is 11.9 Å². The van der Waals surface area contributed by atoms with Gasteiger partial charge in [0.2, 0.25) is 0 Å². The third-order valence-corrected chi connectivity index (χ3v) is 3.06. The van der Waals surface area contributed by atoms with Crippen LogP contribution in [0.3, 0.4) is 0 Å². The predicted molar refractivity (Wildman–Crippen MR) is 78.2 cm³/mol. The number of carbonyl (C=O) groups excluding carboxylic acids is 1. The maximum atomic E-state index is 12.9. The van der Waals surface area contributed by atoms with Gasteiger partial charge in [-0.2, -0.15) is 0 Å². The van der Waals surface area contributed by atoms with Gasteiger partial charge in [-0.1, -0.05) is 12.1 Å². The second-order valence-corrected chi connectivity index (χ2v) is 4.88. The molecule has 0 saturated carbocycles. The number of rotatable bonds is 7. The molecule has 0 aliphatic carbocycles. The fourth-order valence-electron chi connectivity index (χ4n) is 2.04. The second-order valence-electron chi connectivity index (χ2n) is 4.88. The number of aliphatic carboxylic acids is 1. The average molecular weight is 321 g/mol. The lowest BCUT2D eigenvalue weighted by atomic mass is 10.2. The van der Waals surface area contributed by atoms with Gasteiger partial charge >= 0.3 is 5.97 Å². The molecule has 0 aliphatic heterocycles. The first kappa shape index (κ1) is 16.7. The van der Waals surface area contributed by atoms with Gasteiger partial charge in [-0.3, -0.25) is 9.59 Å². The summed E-state index contributed by atoms with van der Waals surface area (Å²) in [5.74, 6) is -1.61. The molecule has 1 aromatic carbocycles. The molecule has 122 valence electrons. The van der Waals surface area contributed by atoms with Gasteiger partial charge in [0, 0.05) is 13.7 Å². The number of benzene rings is 1. The summed E-state index contributed by atoms with van der Waals surface area (Å²) >= 11 is 0. The number of hydrogen-bond acceptors (Lipinski definition) is 4. The topological polar surface area (TPSA) is 80.0 Å². The Bertz CT molecular complexity index is 680. The van der Waals surface area contributed by atoms with E-state index in [-0.39, 0.29) is 18.9 Å². The van der Waals surface area contributed by atoms with E-state index in [2.05, 4.69) is 0 Å². The van der Waals surface area contributed by atoms with E-state index < -0.39 is 24.2 Å². The van der Waals surface area contributed by atoms with Crippen LogP contribution in [-0.2, 0) is 22.7 Å². The summed E-state index contributed by atoms with van der Waals surface area (Å²) in [6, 6.07) is 8.56. The number of furan rings is 1. The Labute approximate surface area is 132 Å².